The highest BCUT2D eigenvalue weighted by atomic mass is 35.5. The number of nitrogens with zero attached hydrogens (tertiary/aromatic N) is 2. The van der Waals surface area contributed by atoms with Gasteiger partial charge in [-0.2, -0.15) is 0 Å². The van der Waals surface area contributed by atoms with Crippen molar-refractivity contribution in [3.8, 4) is 0 Å². The van der Waals surface area contributed by atoms with E-state index in [9.17, 15) is 13.6 Å². The molecule has 1 aliphatic rings. The predicted molar refractivity (Wildman–Crippen MR) is 98.2 cm³/mol. The van der Waals surface area contributed by atoms with Gasteiger partial charge in [0.05, 0.1) is 17.3 Å². The van der Waals surface area contributed by atoms with Crippen molar-refractivity contribution in [2.75, 3.05) is 38.0 Å². The summed E-state index contributed by atoms with van der Waals surface area (Å²) in [7, 11) is 0. The molecule has 138 valence electrons. The normalized spacial score (nSPS) is 15.8. The number of benzene rings is 2. The number of para-hydroxylation sites is 1. The van der Waals surface area contributed by atoms with Crippen molar-refractivity contribution < 1.29 is 13.6 Å². The van der Waals surface area contributed by atoms with Crippen LogP contribution in [-0.2, 0) is 11.3 Å². The Morgan fingerprint density at radius 2 is 1.69 bits per heavy atom. The fraction of sp³-hybridized carbons (Fsp3) is 0.316. The number of anilines is 1. The summed E-state index contributed by atoms with van der Waals surface area (Å²) >= 11 is 5.82. The molecule has 3 rings (SSSR count). The number of hydrogen-bond acceptors (Lipinski definition) is 3. The monoisotopic (exact) mass is 379 g/mol. The maximum absolute atomic E-state index is 13.6. The van der Waals surface area contributed by atoms with Gasteiger partial charge in [0.15, 0.2) is 0 Å². The number of nitrogens with one attached hydrogen (secondary N) is 1. The van der Waals surface area contributed by atoms with Gasteiger partial charge in [-0.15, -0.1) is 0 Å². The summed E-state index contributed by atoms with van der Waals surface area (Å²) in [6.07, 6.45) is 0. The standard InChI is InChI=1S/C19H20ClF2N3O/c20-15-11-14(5-6-16(15)21)12-24-7-9-25(10-8-24)13-19(26)23-18-4-2-1-3-17(18)22/h1-6,11H,7-10,12-13H2,(H,23,26). The maximum atomic E-state index is 13.6. The minimum absolute atomic E-state index is 0.131. The van der Waals surface area contributed by atoms with E-state index < -0.39 is 11.6 Å². The SMILES string of the molecule is O=C(CN1CCN(Cc2ccc(F)c(Cl)c2)CC1)Nc1ccccc1F. The quantitative estimate of drug-likeness (QED) is 0.865. The second-order valence-corrected chi connectivity index (χ2v) is 6.74. The average Bonchev–Trinajstić information content (AvgIpc) is 2.62. The van der Waals surface area contributed by atoms with E-state index in [0.717, 1.165) is 31.7 Å². The van der Waals surface area contributed by atoms with Crippen LogP contribution in [0.25, 0.3) is 0 Å². The molecule has 4 nitrogen and oxygen atoms in total. The van der Waals surface area contributed by atoms with Gasteiger partial charge in [0, 0.05) is 32.7 Å². The molecule has 0 aromatic heterocycles. The van der Waals surface area contributed by atoms with Crippen LogP contribution < -0.4 is 5.32 Å². The predicted octanol–water partition coefficient (Wildman–Crippen LogP) is 3.37. The molecule has 0 radical (unpaired) electrons. The third-order valence-corrected chi connectivity index (χ3v) is 4.66. The van der Waals surface area contributed by atoms with E-state index in [0.29, 0.717) is 6.54 Å². The third kappa shape index (κ3) is 5.00. The topological polar surface area (TPSA) is 35.6 Å². The van der Waals surface area contributed by atoms with Gasteiger partial charge in [-0.3, -0.25) is 14.6 Å². The van der Waals surface area contributed by atoms with Crippen LogP contribution >= 0.6 is 11.6 Å². The van der Waals surface area contributed by atoms with Crippen LogP contribution in [0.4, 0.5) is 14.5 Å². The average molecular weight is 380 g/mol. The lowest BCUT2D eigenvalue weighted by atomic mass is 10.2. The summed E-state index contributed by atoms with van der Waals surface area (Å²) in [6, 6.07) is 10.9. The van der Waals surface area contributed by atoms with E-state index in [1.54, 1.807) is 30.3 Å². The van der Waals surface area contributed by atoms with Crippen LogP contribution in [0.1, 0.15) is 5.56 Å². The molecule has 0 saturated carbocycles. The number of hydrogen-bond donors (Lipinski definition) is 1. The summed E-state index contributed by atoms with van der Waals surface area (Å²) in [6.45, 7) is 3.98. The van der Waals surface area contributed by atoms with Crippen LogP contribution in [-0.4, -0.2) is 48.4 Å². The van der Waals surface area contributed by atoms with Crippen LogP contribution in [0.15, 0.2) is 42.5 Å². The van der Waals surface area contributed by atoms with Crippen molar-refractivity contribution in [3.05, 3.63) is 64.7 Å². The molecule has 1 heterocycles. The Bertz CT molecular complexity index is 779. The Balaban J connectivity index is 1.45. The first-order valence-electron chi connectivity index (χ1n) is 8.44. The van der Waals surface area contributed by atoms with E-state index >= 15 is 0 Å². The second kappa shape index (κ2) is 8.58. The summed E-state index contributed by atoms with van der Waals surface area (Å²) in [5, 5.41) is 2.73. The molecular formula is C19H20ClF2N3O. The first kappa shape index (κ1) is 18.8. The fourth-order valence-electron chi connectivity index (χ4n) is 2.96. The lowest BCUT2D eigenvalue weighted by Crippen LogP contribution is -2.48. The van der Waals surface area contributed by atoms with E-state index in [2.05, 4.69) is 10.2 Å². The van der Waals surface area contributed by atoms with Crippen LogP contribution in [0.5, 0.6) is 0 Å². The third-order valence-electron chi connectivity index (χ3n) is 4.37. The van der Waals surface area contributed by atoms with Crippen molar-refractivity contribution >= 4 is 23.2 Å². The number of amides is 1. The summed E-state index contributed by atoms with van der Waals surface area (Å²) in [5.41, 5.74) is 1.16. The van der Waals surface area contributed by atoms with Crippen molar-refractivity contribution in [1.29, 1.82) is 0 Å². The van der Waals surface area contributed by atoms with Gasteiger partial charge in [-0.1, -0.05) is 29.8 Å². The highest BCUT2D eigenvalue weighted by Crippen LogP contribution is 2.18. The number of carbonyl (C=O) groups is 1. The van der Waals surface area contributed by atoms with Crippen LogP contribution in [0, 0.1) is 11.6 Å². The van der Waals surface area contributed by atoms with Gasteiger partial charge in [0.2, 0.25) is 5.91 Å². The van der Waals surface area contributed by atoms with Crippen LogP contribution in [0.2, 0.25) is 5.02 Å². The fourth-order valence-corrected chi connectivity index (χ4v) is 3.16. The van der Waals surface area contributed by atoms with Crippen LogP contribution in [0.3, 0.4) is 0 Å². The Morgan fingerprint density at radius 1 is 1.00 bits per heavy atom. The van der Waals surface area contributed by atoms with Gasteiger partial charge in [0.25, 0.3) is 0 Å². The molecule has 1 fully saturated rings. The molecule has 0 spiro atoms. The maximum Gasteiger partial charge on any atom is 0.238 e. The molecule has 1 aliphatic heterocycles. The van der Waals surface area contributed by atoms with Gasteiger partial charge in [0.1, 0.15) is 11.6 Å². The number of carbonyl (C=O) groups excluding carboxylic acids is 1. The van der Waals surface area contributed by atoms with E-state index in [4.69, 9.17) is 11.6 Å². The Kier molecular flexibility index (Phi) is 6.19. The van der Waals surface area contributed by atoms with E-state index in [1.807, 2.05) is 4.90 Å². The van der Waals surface area contributed by atoms with Gasteiger partial charge in [-0.05, 0) is 29.8 Å². The molecule has 2 aromatic rings. The van der Waals surface area contributed by atoms with Gasteiger partial charge >= 0.3 is 0 Å². The molecule has 26 heavy (non-hydrogen) atoms. The Hall–Kier alpha value is -2.02. The Morgan fingerprint density at radius 3 is 2.38 bits per heavy atom. The summed E-state index contributed by atoms with van der Waals surface area (Å²) in [4.78, 5) is 16.4. The molecule has 1 amide bonds. The molecule has 0 atom stereocenters. The lowest BCUT2D eigenvalue weighted by molar-refractivity contribution is -0.117. The molecule has 0 aliphatic carbocycles. The van der Waals surface area contributed by atoms with Crippen molar-refractivity contribution in [1.82, 2.24) is 9.80 Å². The molecule has 2 aromatic carbocycles. The molecule has 1 saturated heterocycles. The number of rotatable bonds is 5. The summed E-state index contributed by atoms with van der Waals surface area (Å²) < 4.78 is 26.8. The smallest absolute Gasteiger partial charge is 0.238 e. The highest BCUT2D eigenvalue weighted by molar-refractivity contribution is 6.30. The number of halogens is 3. The lowest BCUT2D eigenvalue weighted by Gasteiger charge is -2.34. The van der Waals surface area contributed by atoms with Crippen molar-refractivity contribution in [2.45, 2.75) is 6.54 Å². The molecule has 7 heteroatoms. The Labute approximate surface area is 156 Å². The molecule has 0 unspecified atom stereocenters. The van der Waals surface area contributed by atoms with E-state index in [1.165, 1.54) is 12.1 Å². The minimum Gasteiger partial charge on any atom is -0.322 e. The van der Waals surface area contributed by atoms with Crippen molar-refractivity contribution in [3.63, 3.8) is 0 Å². The number of piperazine rings is 1. The largest absolute Gasteiger partial charge is 0.322 e. The first-order valence-corrected chi connectivity index (χ1v) is 8.82. The zero-order valence-electron chi connectivity index (χ0n) is 14.2. The zero-order valence-corrected chi connectivity index (χ0v) is 15.0. The molecular weight excluding hydrogens is 360 g/mol. The first-order chi connectivity index (χ1) is 12.5. The second-order valence-electron chi connectivity index (χ2n) is 6.33. The highest BCUT2D eigenvalue weighted by Gasteiger charge is 2.19. The van der Waals surface area contributed by atoms with Gasteiger partial charge < -0.3 is 5.32 Å². The van der Waals surface area contributed by atoms with Gasteiger partial charge in [-0.25, -0.2) is 8.78 Å². The zero-order chi connectivity index (χ0) is 18.5. The summed E-state index contributed by atoms with van der Waals surface area (Å²) in [5.74, 6) is -1.08. The molecule has 0 bridgehead atoms. The minimum atomic E-state index is -0.441. The van der Waals surface area contributed by atoms with E-state index in [-0.39, 0.29) is 23.2 Å². The van der Waals surface area contributed by atoms with Crippen molar-refractivity contribution in [2.24, 2.45) is 0 Å². The molecule has 1 N–H and O–H groups in total.